The number of nitrogens with one attached hydrogen (secondary N) is 2. The molecule has 0 aliphatic carbocycles. The smallest absolute Gasteiger partial charge is 0.255 e. The number of carbonyl (C=O) groups excluding carboxylic acids is 2. The normalized spacial score (nSPS) is 10.6. The van der Waals surface area contributed by atoms with Crippen LogP contribution in [0.2, 0.25) is 0 Å². The number of benzene rings is 2. The Balaban J connectivity index is 1.63. The highest BCUT2D eigenvalue weighted by atomic mass is 16.2. The van der Waals surface area contributed by atoms with Gasteiger partial charge in [0.1, 0.15) is 6.33 Å². The topological polar surface area (TPSA) is 102 Å². The molecule has 0 saturated carbocycles. The van der Waals surface area contributed by atoms with E-state index in [1.165, 1.54) is 11.0 Å². The molecular formula is C18H18N6O2. The van der Waals surface area contributed by atoms with E-state index in [0.29, 0.717) is 16.9 Å². The highest BCUT2D eigenvalue weighted by Crippen LogP contribution is 2.16. The largest absolute Gasteiger partial charge is 0.326 e. The maximum absolute atomic E-state index is 12.3. The van der Waals surface area contributed by atoms with Gasteiger partial charge < -0.3 is 10.6 Å². The van der Waals surface area contributed by atoms with Crippen molar-refractivity contribution in [1.29, 1.82) is 0 Å². The van der Waals surface area contributed by atoms with Gasteiger partial charge in [0.05, 0.1) is 5.69 Å². The second-order valence-corrected chi connectivity index (χ2v) is 5.98. The van der Waals surface area contributed by atoms with Gasteiger partial charge in [-0.2, -0.15) is 0 Å². The van der Waals surface area contributed by atoms with E-state index in [2.05, 4.69) is 26.2 Å². The maximum atomic E-state index is 12.3. The van der Waals surface area contributed by atoms with Crippen LogP contribution < -0.4 is 10.6 Å². The van der Waals surface area contributed by atoms with Crippen LogP contribution in [0.15, 0.2) is 54.9 Å². The number of tetrazole rings is 1. The van der Waals surface area contributed by atoms with Crippen LogP contribution in [0.5, 0.6) is 0 Å². The van der Waals surface area contributed by atoms with Crippen LogP contribution in [0.3, 0.4) is 0 Å². The number of aromatic nitrogens is 4. The lowest BCUT2D eigenvalue weighted by atomic mass is 10.2. The molecule has 0 unspecified atom stereocenters. The van der Waals surface area contributed by atoms with Crippen molar-refractivity contribution in [2.45, 2.75) is 13.8 Å². The van der Waals surface area contributed by atoms with Crippen molar-refractivity contribution in [3.8, 4) is 5.69 Å². The Morgan fingerprint density at radius 1 is 0.923 bits per heavy atom. The second-order valence-electron chi connectivity index (χ2n) is 5.98. The molecule has 0 atom stereocenters. The summed E-state index contributed by atoms with van der Waals surface area (Å²) in [6.45, 7) is 3.66. The summed E-state index contributed by atoms with van der Waals surface area (Å²) in [5.41, 5.74) is 2.60. The van der Waals surface area contributed by atoms with Crippen LogP contribution in [-0.4, -0.2) is 32.0 Å². The number of hydrogen-bond donors (Lipinski definition) is 2. The molecule has 1 aromatic heterocycles. The van der Waals surface area contributed by atoms with Crippen molar-refractivity contribution < 1.29 is 9.59 Å². The number of anilines is 2. The standard InChI is InChI=1S/C18H18N6O2/c1-12(2)17(25)20-14-5-7-15(8-6-14)21-18(26)13-3-9-16(10-4-13)24-11-19-22-23-24/h3-12H,1-2H3,(H,20,25)(H,21,26). The van der Waals surface area contributed by atoms with Crippen molar-refractivity contribution in [3.05, 3.63) is 60.4 Å². The summed E-state index contributed by atoms with van der Waals surface area (Å²) >= 11 is 0. The summed E-state index contributed by atoms with van der Waals surface area (Å²) in [6.07, 6.45) is 1.48. The number of nitrogens with zero attached hydrogens (tertiary/aromatic N) is 4. The molecule has 3 aromatic rings. The van der Waals surface area contributed by atoms with Crippen molar-refractivity contribution in [3.63, 3.8) is 0 Å². The molecule has 0 aliphatic heterocycles. The van der Waals surface area contributed by atoms with Gasteiger partial charge in [-0.1, -0.05) is 13.8 Å². The Labute approximate surface area is 150 Å². The molecule has 3 rings (SSSR count). The highest BCUT2D eigenvalue weighted by molar-refractivity contribution is 6.04. The fourth-order valence-electron chi connectivity index (χ4n) is 2.17. The van der Waals surface area contributed by atoms with Crippen molar-refractivity contribution in [2.75, 3.05) is 10.6 Å². The maximum Gasteiger partial charge on any atom is 0.255 e. The molecule has 8 nitrogen and oxygen atoms in total. The zero-order chi connectivity index (χ0) is 18.5. The Hall–Kier alpha value is -3.55. The van der Waals surface area contributed by atoms with Gasteiger partial charge in [0, 0.05) is 22.9 Å². The number of rotatable bonds is 5. The minimum absolute atomic E-state index is 0.0514. The molecule has 8 heteroatoms. The van der Waals surface area contributed by atoms with E-state index in [-0.39, 0.29) is 17.7 Å². The average molecular weight is 350 g/mol. The van der Waals surface area contributed by atoms with Gasteiger partial charge in [-0.3, -0.25) is 9.59 Å². The minimum atomic E-state index is -0.229. The zero-order valence-electron chi connectivity index (χ0n) is 14.4. The Morgan fingerprint density at radius 2 is 1.54 bits per heavy atom. The van der Waals surface area contributed by atoms with Gasteiger partial charge in [0.15, 0.2) is 0 Å². The first-order valence-electron chi connectivity index (χ1n) is 8.08. The van der Waals surface area contributed by atoms with Crippen molar-refractivity contribution >= 4 is 23.2 Å². The predicted octanol–water partition coefficient (Wildman–Crippen LogP) is 2.51. The van der Waals surface area contributed by atoms with Crippen molar-refractivity contribution in [2.24, 2.45) is 5.92 Å². The molecule has 2 aromatic carbocycles. The average Bonchev–Trinajstić information content (AvgIpc) is 3.18. The molecular weight excluding hydrogens is 332 g/mol. The van der Waals surface area contributed by atoms with Gasteiger partial charge in [0.25, 0.3) is 5.91 Å². The van der Waals surface area contributed by atoms with Gasteiger partial charge >= 0.3 is 0 Å². The molecule has 0 bridgehead atoms. The zero-order valence-corrected chi connectivity index (χ0v) is 14.4. The van der Waals surface area contributed by atoms with Gasteiger partial charge in [0.2, 0.25) is 5.91 Å². The van der Waals surface area contributed by atoms with E-state index < -0.39 is 0 Å². The molecule has 2 N–H and O–H groups in total. The third-order valence-electron chi connectivity index (χ3n) is 3.68. The first-order chi connectivity index (χ1) is 12.5. The Bertz CT molecular complexity index is 886. The van der Waals surface area contributed by atoms with E-state index in [1.807, 2.05) is 13.8 Å². The monoisotopic (exact) mass is 350 g/mol. The highest BCUT2D eigenvalue weighted by Gasteiger charge is 2.09. The Morgan fingerprint density at radius 3 is 2.08 bits per heavy atom. The summed E-state index contributed by atoms with van der Waals surface area (Å²) in [4.78, 5) is 24.0. The minimum Gasteiger partial charge on any atom is -0.326 e. The quantitative estimate of drug-likeness (QED) is 0.736. The third kappa shape index (κ3) is 4.10. The van der Waals surface area contributed by atoms with Crippen LogP contribution >= 0.6 is 0 Å². The van der Waals surface area contributed by atoms with E-state index in [4.69, 9.17) is 0 Å². The van der Waals surface area contributed by atoms with Crippen molar-refractivity contribution in [1.82, 2.24) is 20.2 Å². The van der Waals surface area contributed by atoms with Crippen LogP contribution in [0.4, 0.5) is 11.4 Å². The first kappa shape index (κ1) is 17.3. The number of hydrogen-bond acceptors (Lipinski definition) is 5. The molecule has 1 heterocycles. The van der Waals surface area contributed by atoms with E-state index in [1.54, 1.807) is 48.5 Å². The van der Waals surface area contributed by atoms with Crippen LogP contribution in [0.25, 0.3) is 5.69 Å². The van der Waals surface area contributed by atoms with E-state index in [0.717, 1.165) is 5.69 Å². The summed E-state index contributed by atoms with van der Waals surface area (Å²) in [6, 6.07) is 13.9. The molecule has 2 amide bonds. The van der Waals surface area contributed by atoms with Crippen LogP contribution in [0, 0.1) is 5.92 Å². The molecule has 0 spiro atoms. The lowest BCUT2D eigenvalue weighted by molar-refractivity contribution is -0.118. The lowest BCUT2D eigenvalue weighted by Crippen LogP contribution is -2.17. The van der Waals surface area contributed by atoms with Crippen LogP contribution in [-0.2, 0) is 4.79 Å². The molecule has 26 heavy (non-hydrogen) atoms. The fourth-order valence-corrected chi connectivity index (χ4v) is 2.17. The molecule has 0 aliphatic rings. The molecule has 0 saturated heterocycles. The fraction of sp³-hybridized carbons (Fsp3) is 0.167. The molecule has 132 valence electrons. The van der Waals surface area contributed by atoms with Gasteiger partial charge in [-0.15, -0.1) is 5.10 Å². The SMILES string of the molecule is CC(C)C(=O)Nc1ccc(NC(=O)c2ccc(-n3cnnn3)cc2)cc1. The second kappa shape index (κ2) is 7.56. The Kier molecular flexibility index (Phi) is 5.02. The first-order valence-corrected chi connectivity index (χ1v) is 8.08. The summed E-state index contributed by atoms with van der Waals surface area (Å²) in [5.74, 6) is -0.373. The van der Waals surface area contributed by atoms with Gasteiger partial charge in [-0.05, 0) is 59.0 Å². The van der Waals surface area contributed by atoms with Crippen LogP contribution in [0.1, 0.15) is 24.2 Å². The lowest BCUT2D eigenvalue weighted by Gasteiger charge is -2.09. The number of amides is 2. The van der Waals surface area contributed by atoms with Gasteiger partial charge in [-0.25, -0.2) is 4.68 Å². The molecule has 0 radical (unpaired) electrons. The van der Waals surface area contributed by atoms with E-state index >= 15 is 0 Å². The van der Waals surface area contributed by atoms with E-state index in [9.17, 15) is 9.59 Å². The summed E-state index contributed by atoms with van der Waals surface area (Å²) < 4.78 is 1.51. The molecule has 0 fully saturated rings. The predicted molar refractivity (Wildman–Crippen MR) is 97.0 cm³/mol. The third-order valence-corrected chi connectivity index (χ3v) is 3.68. The summed E-state index contributed by atoms with van der Waals surface area (Å²) in [5, 5.41) is 16.6. The summed E-state index contributed by atoms with van der Waals surface area (Å²) in [7, 11) is 0. The number of carbonyl (C=O) groups is 2.